The summed E-state index contributed by atoms with van der Waals surface area (Å²) in [4.78, 5) is 23.8. The van der Waals surface area contributed by atoms with Gasteiger partial charge in [0.25, 0.3) is 5.78 Å². The summed E-state index contributed by atoms with van der Waals surface area (Å²) in [5.41, 5.74) is 5.96. The quantitative estimate of drug-likeness (QED) is 0.696. The molecule has 0 saturated carbocycles. The van der Waals surface area contributed by atoms with Crippen molar-refractivity contribution in [1.29, 1.82) is 0 Å². The van der Waals surface area contributed by atoms with E-state index in [2.05, 4.69) is 0 Å². The van der Waals surface area contributed by atoms with Crippen molar-refractivity contribution in [2.75, 3.05) is 0 Å². The lowest BCUT2D eigenvalue weighted by Crippen LogP contribution is -2.40. The first-order chi connectivity index (χ1) is 10.3. The van der Waals surface area contributed by atoms with Crippen LogP contribution in [0.15, 0.2) is 42.5 Å². The summed E-state index contributed by atoms with van der Waals surface area (Å²) in [5.74, 6) is -1.65. The van der Waals surface area contributed by atoms with Gasteiger partial charge >= 0.3 is 5.97 Å². The lowest BCUT2D eigenvalue weighted by molar-refractivity contribution is -0.162. The van der Waals surface area contributed by atoms with E-state index >= 15 is 0 Å². The van der Waals surface area contributed by atoms with E-state index in [4.69, 9.17) is 10.5 Å². The van der Waals surface area contributed by atoms with Gasteiger partial charge < -0.3 is 10.5 Å². The fourth-order valence-corrected chi connectivity index (χ4v) is 2.13. The average Bonchev–Trinajstić information content (AvgIpc) is 2.45. The molecule has 0 amide bonds. The van der Waals surface area contributed by atoms with Crippen LogP contribution < -0.4 is 5.73 Å². The fourth-order valence-electron chi connectivity index (χ4n) is 2.13. The van der Waals surface area contributed by atoms with Gasteiger partial charge in [-0.15, -0.1) is 0 Å². The normalized spacial score (nSPS) is 12.9. The number of carbonyl (C=O) groups excluding carboxylic acids is 2. The molecule has 0 aliphatic rings. The van der Waals surface area contributed by atoms with Crippen LogP contribution in [0.4, 0.5) is 0 Å². The van der Waals surface area contributed by atoms with Crippen molar-refractivity contribution >= 4 is 22.5 Å². The van der Waals surface area contributed by atoms with Crippen molar-refractivity contribution in [3.05, 3.63) is 54.4 Å². The number of hydrogen-bond donors (Lipinski definition) is 1. The van der Waals surface area contributed by atoms with E-state index in [0.29, 0.717) is 0 Å². The molecule has 115 valence electrons. The summed E-state index contributed by atoms with van der Waals surface area (Å²) < 4.78 is 5.06. The Labute approximate surface area is 130 Å². The van der Waals surface area contributed by atoms with Crippen molar-refractivity contribution in [2.24, 2.45) is 5.73 Å². The smallest absolute Gasteiger partial charge is 0.376 e. The standard InChI is InChI=1S/C18H20NO3/c1-18(2,3)22-17(21)16(20)15(19)11-13-9-6-8-12-7-4-5-10-14(12)13/h4-11,15H,19H2,1-3H3/t15-/m0/s1. The summed E-state index contributed by atoms with van der Waals surface area (Å²) in [6, 6.07) is 12.5. The number of benzene rings is 2. The van der Waals surface area contributed by atoms with E-state index < -0.39 is 23.4 Å². The molecule has 0 fully saturated rings. The van der Waals surface area contributed by atoms with Gasteiger partial charge in [0.15, 0.2) is 0 Å². The highest BCUT2D eigenvalue weighted by Gasteiger charge is 2.28. The highest BCUT2D eigenvalue weighted by atomic mass is 16.6. The van der Waals surface area contributed by atoms with Crippen LogP contribution in [-0.2, 0) is 14.3 Å². The highest BCUT2D eigenvalue weighted by Crippen LogP contribution is 2.21. The number of nitrogens with two attached hydrogens (primary N) is 1. The van der Waals surface area contributed by atoms with Crippen molar-refractivity contribution in [1.82, 2.24) is 0 Å². The highest BCUT2D eigenvalue weighted by molar-refractivity contribution is 6.36. The zero-order valence-electron chi connectivity index (χ0n) is 13.0. The zero-order chi connectivity index (χ0) is 16.3. The average molecular weight is 298 g/mol. The largest absolute Gasteiger partial charge is 0.454 e. The van der Waals surface area contributed by atoms with Crippen LogP contribution in [0.2, 0.25) is 0 Å². The second-order valence-electron chi connectivity index (χ2n) is 6.13. The molecular formula is C18H20NO3. The van der Waals surface area contributed by atoms with Crippen LogP contribution in [0.3, 0.4) is 0 Å². The number of hydrogen-bond acceptors (Lipinski definition) is 4. The maximum atomic E-state index is 12.0. The minimum absolute atomic E-state index is 0.716. The number of fused-ring (bicyclic) bond motifs is 1. The maximum absolute atomic E-state index is 12.0. The number of rotatable bonds is 4. The third kappa shape index (κ3) is 3.92. The van der Waals surface area contributed by atoms with Gasteiger partial charge in [-0.2, -0.15) is 0 Å². The molecule has 1 atom stereocenters. The fraction of sp³-hybridized carbons (Fsp3) is 0.278. The topological polar surface area (TPSA) is 69.4 Å². The van der Waals surface area contributed by atoms with Crippen LogP contribution in [0.1, 0.15) is 26.3 Å². The lowest BCUT2D eigenvalue weighted by atomic mass is 9.97. The van der Waals surface area contributed by atoms with Gasteiger partial charge in [0, 0.05) is 6.42 Å². The van der Waals surface area contributed by atoms with E-state index in [1.807, 2.05) is 42.5 Å². The summed E-state index contributed by atoms with van der Waals surface area (Å²) in [6.45, 7) is 5.12. The molecule has 0 saturated heterocycles. The van der Waals surface area contributed by atoms with E-state index in [9.17, 15) is 9.59 Å². The number of ketones is 1. The van der Waals surface area contributed by atoms with Gasteiger partial charge in [0.05, 0.1) is 6.04 Å². The summed E-state index contributed by atoms with van der Waals surface area (Å²) in [6.07, 6.45) is 1.59. The molecule has 0 heterocycles. The minimum atomic E-state index is -1.03. The number of Topliss-reactive ketones (excluding diaryl/α,β-unsaturated/α-hetero) is 1. The molecule has 4 nitrogen and oxygen atoms in total. The summed E-state index contributed by atoms with van der Waals surface area (Å²) in [5, 5.41) is 2.03. The second-order valence-corrected chi connectivity index (χ2v) is 6.13. The van der Waals surface area contributed by atoms with Crippen molar-refractivity contribution < 1.29 is 14.3 Å². The van der Waals surface area contributed by atoms with E-state index in [-0.39, 0.29) is 0 Å². The van der Waals surface area contributed by atoms with Gasteiger partial charge in [-0.05, 0) is 37.1 Å². The van der Waals surface area contributed by atoms with Crippen molar-refractivity contribution in [3.63, 3.8) is 0 Å². The van der Waals surface area contributed by atoms with Crippen LogP contribution in [0, 0.1) is 6.42 Å². The Morgan fingerprint density at radius 1 is 1.09 bits per heavy atom. The number of esters is 1. The maximum Gasteiger partial charge on any atom is 0.376 e. The van der Waals surface area contributed by atoms with Gasteiger partial charge in [-0.25, -0.2) is 4.79 Å². The zero-order valence-corrected chi connectivity index (χ0v) is 13.0. The molecule has 2 N–H and O–H groups in total. The Bertz CT molecular complexity index is 696. The van der Waals surface area contributed by atoms with Crippen LogP contribution >= 0.6 is 0 Å². The van der Waals surface area contributed by atoms with Crippen molar-refractivity contribution in [3.8, 4) is 0 Å². The lowest BCUT2D eigenvalue weighted by Gasteiger charge is -2.20. The Morgan fingerprint density at radius 3 is 2.41 bits per heavy atom. The first-order valence-electron chi connectivity index (χ1n) is 7.13. The predicted octanol–water partition coefficient (Wildman–Crippen LogP) is 2.63. The van der Waals surface area contributed by atoms with Crippen LogP contribution in [-0.4, -0.2) is 23.4 Å². The molecule has 1 radical (unpaired) electrons. The summed E-state index contributed by atoms with van der Waals surface area (Å²) >= 11 is 0. The van der Waals surface area contributed by atoms with Crippen LogP contribution in [0.5, 0.6) is 0 Å². The molecule has 0 spiro atoms. The Kier molecular flexibility index (Phi) is 4.62. The molecular weight excluding hydrogens is 278 g/mol. The molecule has 2 aromatic carbocycles. The van der Waals surface area contributed by atoms with Crippen LogP contribution in [0.25, 0.3) is 10.8 Å². The first kappa shape index (κ1) is 16.2. The molecule has 2 rings (SSSR count). The third-order valence-electron chi connectivity index (χ3n) is 3.09. The molecule has 4 heteroatoms. The molecule has 2 aromatic rings. The summed E-state index contributed by atoms with van der Waals surface area (Å²) in [7, 11) is 0. The SMILES string of the molecule is CC(C)(C)OC(=O)C(=O)[C@@H](N)[CH]c1cccc2ccccc12. The molecule has 22 heavy (non-hydrogen) atoms. The predicted molar refractivity (Wildman–Crippen MR) is 86.2 cm³/mol. The van der Waals surface area contributed by atoms with Gasteiger partial charge in [0.2, 0.25) is 0 Å². The molecule has 0 unspecified atom stereocenters. The minimum Gasteiger partial charge on any atom is -0.454 e. The second kappa shape index (κ2) is 6.28. The monoisotopic (exact) mass is 298 g/mol. The van der Waals surface area contributed by atoms with E-state index in [0.717, 1.165) is 16.3 Å². The third-order valence-corrected chi connectivity index (χ3v) is 3.09. The molecule has 0 bridgehead atoms. The van der Waals surface area contributed by atoms with Gasteiger partial charge in [-0.3, -0.25) is 4.79 Å². The van der Waals surface area contributed by atoms with Gasteiger partial charge in [-0.1, -0.05) is 42.5 Å². The Hall–Kier alpha value is -2.20. The van der Waals surface area contributed by atoms with Gasteiger partial charge in [0.1, 0.15) is 5.60 Å². The molecule has 0 aromatic heterocycles. The Balaban J connectivity index is 2.15. The first-order valence-corrected chi connectivity index (χ1v) is 7.13. The van der Waals surface area contributed by atoms with E-state index in [1.54, 1.807) is 27.2 Å². The molecule has 0 aliphatic heterocycles. The Morgan fingerprint density at radius 2 is 1.73 bits per heavy atom. The van der Waals surface area contributed by atoms with E-state index in [1.165, 1.54) is 0 Å². The van der Waals surface area contributed by atoms with Crippen molar-refractivity contribution in [2.45, 2.75) is 32.4 Å². The number of ether oxygens (including phenoxy) is 1. The molecule has 0 aliphatic carbocycles. The number of carbonyl (C=O) groups is 2.